The highest BCUT2D eigenvalue weighted by Gasteiger charge is 2.02. The van der Waals surface area contributed by atoms with E-state index in [2.05, 4.69) is 27.0 Å². The molecule has 0 aliphatic heterocycles. The van der Waals surface area contributed by atoms with Gasteiger partial charge in [-0.3, -0.25) is 4.98 Å². The van der Waals surface area contributed by atoms with Gasteiger partial charge in [0.1, 0.15) is 0 Å². The molecule has 0 unspecified atom stereocenters. The van der Waals surface area contributed by atoms with E-state index >= 15 is 0 Å². The molecule has 1 heterocycles. The highest BCUT2D eigenvalue weighted by atomic mass is 79.9. The number of aromatic nitrogens is 1. The van der Waals surface area contributed by atoms with Crippen LogP contribution in [0.25, 0.3) is 10.9 Å². The van der Waals surface area contributed by atoms with Gasteiger partial charge in [-0.05, 0) is 46.6 Å². The zero-order valence-electron chi connectivity index (χ0n) is 7.58. The van der Waals surface area contributed by atoms with E-state index in [1.807, 2.05) is 25.1 Å². The quantitative estimate of drug-likeness (QED) is 0.716. The molecular formula is C11H7BrN2. The first kappa shape index (κ1) is 9.17. The van der Waals surface area contributed by atoms with Gasteiger partial charge >= 0.3 is 0 Å². The van der Waals surface area contributed by atoms with E-state index in [1.54, 1.807) is 6.20 Å². The van der Waals surface area contributed by atoms with Crippen molar-refractivity contribution < 1.29 is 0 Å². The molecular weight excluding hydrogens is 240 g/mol. The second-order valence-corrected chi connectivity index (χ2v) is 4.05. The van der Waals surface area contributed by atoms with E-state index in [-0.39, 0.29) is 0 Å². The Bertz CT molecular complexity index is 541. The van der Waals surface area contributed by atoms with Crippen LogP contribution in [0.1, 0.15) is 11.1 Å². The predicted octanol–water partition coefficient (Wildman–Crippen LogP) is 3.18. The highest BCUT2D eigenvalue weighted by molar-refractivity contribution is 9.10. The Hall–Kier alpha value is -1.40. The van der Waals surface area contributed by atoms with Crippen LogP contribution in [0.5, 0.6) is 0 Å². The lowest BCUT2D eigenvalue weighted by molar-refractivity contribution is 1.34. The van der Waals surface area contributed by atoms with Gasteiger partial charge in [0.25, 0.3) is 0 Å². The SMILES string of the molecule is Cc1cc(C#N)cc2cc(Br)cnc12. The first-order valence-corrected chi connectivity index (χ1v) is 4.96. The van der Waals surface area contributed by atoms with Crippen molar-refractivity contribution in [1.29, 1.82) is 5.26 Å². The first-order chi connectivity index (χ1) is 6.70. The third-order valence-electron chi connectivity index (χ3n) is 2.07. The third-order valence-corrected chi connectivity index (χ3v) is 2.50. The molecule has 0 bridgehead atoms. The fraction of sp³-hybridized carbons (Fsp3) is 0.0909. The van der Waals surface area contributed by atoms with Gasteiger partial charge in [-0.15, -0.1) is 0 Å². The number of hydrogen-bond acceptors (Lipinski definition) is 2. The Morgan fingerprint density at radius 2 is 2.14 bits per heavy atom. The van der Waals surface area contributed by atoms with Crippen LogP contribution in [0.15, 0.2) is 28.9 Å². The summed E-state index contributed by atoms with van der Waals surface area (Å²) in [5, 5.41) is 9.80. The van der Waals surface area contributed by atoms with E-state index in [0.717, 1.165) is 20.9 Å². The summed E-state index contributed by atoms with van der Waals surface area (Å²) in [7, 11) is 0. The molecule has 2 rings (SSSR count). The minimum Gasteiger partial charge on any atom is -0.255 e. The summed E-state index contributed by atoms with van der Waals surface area (Å²) in [6.07, 6.45) is 1.77. The summed E-state index contributed by atoms with van der Waals surface area (Å²) in [6.45, 7) is 1.96. The summed E-state index contributed by atoms with van der Waals surface area (Å²) in [5.41, 5.74) is 2.66. The van der Waals surface area contributed by atoms with Crippen LogP contribution >= 0.6 is 15.9 Å². The molecule has 0 radical (unpaired) electrons. The molecule has 2 aromatic rings. The van der Waals surface area contributed by atoms with Gasteiger partial charge in [0.15, 0.2) is 0 Å². The van der Waals surface area contributed by atoms with Crippen molar-refractivity contribution in [3.8, 4) is 6.07 Å². The fourth-order valence-electron chi connectivity index (χ4n) is 1.47. The number of pyridine rings is 1. The summed E-state index contributed by atoms with van der Waals surface area (Å²) >= 11 is 3.36. The van der Waals surface area contributed by atoms with E-state index < -0.39 is 0 Å². The number of fused-ring (bicyclic) bond motifs is 1. The molecule has 0 fully saturated rings. The third kappa shape index (κ3) is 1.49. The van der Waals surface area contributed by atoms with Gasteiger partial charge in [-0.25, -0.2) is 0 Å². The molecule has 0 N–H and O–H groups in total. The Balaban J connectivity index is 2.85. The number of benzene rings is 1. The molecule has 0 aliphatic rings. The number of hydrogen-bond donors (Lipinski definition) is 0. The lowest BCUT2D eigenvalue weighted by Gasteiger charge is -2.02. The van der Waals surface area contributed by atoms with E-state index in [9.17, 15) is 0 Å². The van der Waals surface area contributed by atoms with Crippen LogP contribution in [0.3, 0.4) is 0 Å². The van der Waals surface area contributed by atoms with E-state index in [4.69, 9.17) is 5.26 Å². The summed E-state index contributed by atoms with van der Waals surface area (Å²) in [5.74, 6) is 0. The maximum atomic E-state index is 8.81. The van der Waals surface area contributed by atoms with Crippen molar-refractivity contribution in [3.05, 3.63) is 40.0 Å². The lowest BCUT2D eigenvalue weighted by Crippen LogP contribution is -1.85. The van der Waals surface area contributed by atoms with Gasteiger partial charge in [0.2, 0.25) is 0 Å². The van der Waals surface area contributed by atoms with Crippen LogP contribution in [0.4, 0.5) is 0 Å². The Morgan fingerprint density at radius 3 is 2.86 bits per heavy atom. The molecule has 0 atom stereocenters. The fourth-order valence-corrected chi connectivity index (χ4v) is 1.82. The molecule has 2 nitrogen and oxygen atoms in total. The second kappa shape index (κ2) is 3.39. The van der Waals surface area contributed by atoms with Crippen molar-refractivity contribution in [1.82, 2.24) is 4.98 Å². The number of rotatable bonds is 0. The normalized spacial score (nSPS) is 10.1. The smallest absolute Gasteiger partial charge is 0.0991 e. The largest absolute Gasteiger partial charge is 0.255 e. The van der Waals surface area contributed by atoms with Gasteiger partial charge < -0.3 is 0 Å². The zero-order valence-corrected chi connectivity index (χ0v) is 9.17. The molecule has 68 valence electrons. The van der Waals surface area contributed by atoms with Crippen molar-refractivity contribution in [3.63, 3.8) is 0 Å². The van der Waals surface area contributed by atoms with Crippen molar-refractivity contribution in [2.75, 3.05) is 0 Å². The Labute approximate surface area is 90.3 Å². The monoisotopic (exact) mass is 246 g/mol. The van der Waals surface area contributed by atoms with Gasteiger partial charge in [0, 0.05) is 16.1 Å². The van der Waals surface area contributed by atoms with Crippen molar-refractivity contribution in [2.24, 2.45) is 0 Å². The van der Waals surface area contributed by atoms with Crippen molar-refractivity contribution >= 4 is 26.8 Å². The number of nitriles is 1. The lowest BCUT2D eigenvalue weighted by atomic mass is 10.1. The first-order valence-electron chi connectivity index (χ1n) is 4.17. The average Bonchev–Trinajstić information content (AvgIpc) is 2.16. The molecule has 0 aliphatic carbocycles. The van der Waals surface area contributed by atoms with Crippen LogP contribution in [0.2, 0.25) is 0 Å². The van der Waals surface area contributed by atoms with Crippen LogP contribution in [-0.2, 0) is 0 Å². The molecule has 3 heteroatoms. The van der Waals surface area contributed by atoms with Gasteiger partial charge in [-0.2, -0.15) is 5.26 Å². The number of halogens is 1. The van der Waals surface area contributed by atoms with E-state index in [1.165, 1.54) is 0 Å². The van der Waals surface area contributed by atoms with Crippen molar-refractivity contribution in [2.45, 2.75) is 6.92 Å². The summed E-state index contributed by atoms with van der Waals surface area (Å²) in [6, 6.07) is 7.80. The van der Waals surface area contributed by atoms with Gasteiger partial charge in [-0.1, -0.05) is 0 Å². The molecule has 1 aromatic heterocycles. The number of aryl methyl sites for hydroxylation is 1. The predicted molar refractivity (Wildman–Crippen MR) is 58.9 cm³/mol. The second-order valence-electron chi connectivity index (χ2n) is 3.13. The average molecular weight is 247 g/mol. The molecule has 0 saturated heterocycles. The summed E-state index contributed by atoms with van der Waals surface area (Å²) < 4.78 is 0.930. The molecule has 0 spiro atoms. The standard InChI is InChI=1S/C11H7BrN2/c1-7-2-8(5-13)3-9-4-10(12)6-14-11(7)9/h2-4,6H,1H3. The molecule has 14 heavy (non-hydrogen) atoms. The number of nitrogens with zero attached hydrogens (tertiary/aromatic N) is 2. The topological polar surface area (TPSA) is 36.7 Å². The van der Waals surface area contributed by atoms with Gasteiger partial charge in [0.05, 0.1) is 17.1 Å². The minimum absolute atomic E-state index is 0.676. The zero-order chi connectivity index (χ0) is 10.1. The van der Waals surface area contributed by atoms with E-state index in [0.29, 0.717) is 5.56 Å². The minimum atomic E-state index is 0.676. The van der Waals surface area contributed by atoms with Crippen LogP contribution in [0, 0.1) is 18.3 Å². The maximum absolute atomic E-state index is 8.81. The molecule has 0 saturated carbocycles. The van der Waals surface area contributed by atoms with Crippen LogP contribution in [-0.4, -0.2) is 4.98 Å². The van der Waals surface area contributed by atoms with Crippen LogP contribution < -0.4 is 0 Å². The Morgan fingerprint density at radius 1 is 1.36 bits per heavy atom. The maximum Gasteiger partial charge on any atom is 0.0991 e. The molecule has 1 aromatic carbocycles. The Kier molecular flexibility index (Phi) is 2.22. The molecule has 0 amide bonds. The summed E-state index contributed by atoms with van der Waals surface area (Å²) in [4.78, 5) is 4.30. The highest BCUT2D eigenvalue weighted by Crippen LogP contribution is 2.21.